The lowest BCUT2D eigenvalue weighted by atomic mass is 9.95. The van der Waals surface area contributed by atoms with Crippen molar-refractivity contribution >= 4 is 0 Å². The van der Waals surface area contributed by atoms with Crippen molar-refractivity contribution in [1.82, 2.24) is 4.90 Å². The quantitative estimate of drug-likeness (QED) is 0.688. The maximum absolute atomic E-state index is 8.72. The largest absolute Gasteiger partial charge is 0.305 e. The maximum Gasteiger partial charge on any atom is 0.0628 e. The van der Waals surface area contributed by atoms with E-state index >= 15 is 0 Å². The number of nitriles is 1. The van der Waals surface area contributed by atoms with Crippen LogP contribution in [0.4, 0.5) is 0 Å². The molecule has 1 saturated carbocycles. The van der Waals surface area contributed by atoms with E-state index < -0.39 is 0 Å². The fourth-order valence-electron chi connectivity index (χ4n) is 2.17. The normalized spacial score (nSPS) is 19.4. The summed E-state index contributed by atoms with van der Waals surface area (Å²) < 4.78 is 0. The van der Waals surface area contributed by atoms with Crippen molar-refractivity contribution in [3.05, 3.63) is 0 Å². The molecular weight excluding hydrogens is 172 g/mol. The van der Waals surface area contributed by atoms with Gasteiger partial charge in [0.15, 0.2) is 0 Å². The Balaban J connectivity index is 2.34. The molecule has 0 aliphatic heterocycles. The molecule has 0 aromatic rings. The molecule has 1 aliphatic carbocycles. The fourth-order valence-corrected chi connectivity index (χ4v) is 2.17. The lowest BCUT2D eigenvalue weighted by Crippen LogP contribution is -2.33. The summed E-state index contributed by atoms with van der Waals surface area (Å²) in [5, 5.41) is 8.72. The SMILES string of the molecule is CN(CC(C)(C)C)CC1(CC#N)CC1. The van der Waals surface area contributed by atoms with Gasteiger partial charge in [-0.15, -0.1) is 0 Å². The van der Waals surface area contributed by atoms with E-state index in [4.69, 9.17) is 5.26 Å². The van der Waals surface area contributed by atoms with E-state index in [0.717, 1.165) is 19.5 Å². The van der Waals surface area contributed by atoms with Crippen LogP contribution in [0.15, 0.2) is 0 Å². The van der Waals surface area contributed by atoms with E-state index in [1.165, 1.54) is 12.8 Å². The molecule has 0 spiro atoms. The molecule has 0 bridgehead atoms. The summed E-state index contributed by atoms with van der Waals surface area (Å²) in [6.45, 7) is 8.98. The van der Waals surface area contributed by atoms with Gasteiger partial charge in [-0.2, -0.15) is 5.26 Å². The monoisotopic (exact) mass is 194 g/mol. The van der Waals surface area contributed by atoms with Crippen LogP contribution in [0.1, 0.15) is 40.0 Å². The first-order chi connectivity index (χ1) is 6.37. The van der Waals surface area contributed by atoms with Crippen LogP contribution in [-0.2, 0) is 0 Å². The van der Waals surface area contributed by atoms with Crippen LogP contribution in [0.3, 0.4) is 0 Å². The molecule has 0 amide bonds. The van der Waals surface area contributed by atoms with Crippen molar-refractivity contribution in [2.45, 2.75) is 40.0 Å². The minimum atomic E-state index is 0.356. The standard InChI is InChI=1S/C12H22N2/c1-11(2,3)9-14(4)10-12(5-6-12)7-8-13/h5-7,9-10H2,1-4H3. The molecule has 0 atom stereocenters. The zero-order valence-electron chi connectivity index (χ0n) is 9.93. The van der Waals surface area contributed by atoms with Gasteiger partial charge < -0.3 is 4.90 Å². The van der Waals surface area contributed by atoms with Gasteiger partial charge in [-0.1, -0.05) is 20.8 Å². The molecule has 0 aromatic heterocycles. The maximum atomic E-state index is 8.72. The highest BCUT2D eigenvalue weighted by molar-refractivity contribution is 5.01. The first kappa shape index (κ1) is 11.5. The highest BCUT2D eigenvalue weighted by Crippen LogP contribution is 2.49. The molecule has 0 heterocycles. The average molecular weight is 194 g/mol. The average Bonchev–Trinajstić information content (AvgIpc) is 2.64. The predicted octanol–water partition coefficient (Wildman–Crippen LogP) is 2.66. The van der Waals surface area contributed by atoms with E-state index in [-0.39, 0.29) is 0 Å². The molecule has 2 nitrogen and oxygen atoms in total. The van der Waals surface area contributed by atoms with Gasteiger partial charge in [0.25, 0.3) is 0 Å². The van der Waals surface area contributed by atoms with Gasteiger partial charge in [0, 0.05) is 19.5 Å². The molecule has 0 saturated heterocycles. The van der Waals surface area contributed by atoms with Crippen molar-refractivity contribution < 1.29 is 0 Å². The van der Waals surface area contributed by atoms with Gasteiger partial charge in [-0.25, -0.2) is 0 Å². The highest BCUT2D eigenvalue weighted by atomic mass is 15.1. The molecule has 2 heteroatoms. The number of hydrogen-bond donors (Lipinski definition) is 0. The molecule has 14 heavy (non-hydrogen) atoms. The van der Waals surface area contributed by atoms with Crippen LogP contribution < -0.4 is 0 Å². The fraction of sp³-hybridized carbons (Fsp3) is 0.917. The zero-order valence-corrected chi connectivity index (χ0v) is 9.93. The summed E-state index contributed by atoms with van der Waals surface area (Å²) in [5.74, 6) is 0. The van der Waals surface area contributed by atoms with Crippen LogP contribution in [0, 0.1) is 22.2 Å². The summed E-state index contributed by atoms with van der Waals surface area (Å²) in [4.78, 5) is 2.38. The molecule has 1 aliphatic rings. The Labute approximate surface area is 87.9 Å². The Morgan fingerprint density at radius 2 is 1.93 bits per heavy atom. The Hall–Kier alpha value is -0.550. The van der Waals surface area contributed by atoms with E-state index in [0.29, 0.717) is 10.8 Å². The molecule has 0 aromatic carbocycles. The van der Waals surface area contributed by atoms with E-state index in [1.807, 2.05) is 0 Å². The Kier molecular flexibility index (Phi) is 3.21. The first-order valence-corrected chi connectivity index (χ1v) is 5.42. The second-order valence-corrected chi connectivity index (χ2v) is 6.07. The second kappa shape index (κ2) is 3.90. The minimum absolute atomic E-state index is 0.356. The van der Waals surface area contributed by atoms with Crippen molar-refractivity contribution in [3.8, 4) is 6.07 Å². The van der Waals surface area contributed by atoms with Crippen LogP contribution in [0.2, 0.25) is 0 Å². The molecule has 1 fully saturated rings. The third kappa shape index (κ3) is 3.67. The van der Waals surface area contributed by atoms with Gasteiger partial charge >= 0.3 is 0 Å². The predicted molar refractivity (Wildman–Crippen MR) is 58.8 cm³/mol. The second-order valence-electron chi connectivity index (χ2n) is 6.07. The molecule has 80 valence electrons. The van der Waals surface area contributed by atoms with Crippen molar-refractivity contribution in [1.29, 1.82) is 5.26 Å². The van der Waals surface area contributed by atoms with Crippen LogP contribution in [-0.4, -0.2) is 25.0 Å². The van der Waals surface area contributed by atoms with E-state index in [2.05, 4.69) is 38.8 Å². The zero-order chi connectivity index (χ0) is 10.8. The Morgan fingerprint density at radius 3 is 2.29 bits per heavy atom. The molecule has 1 rings (SSSR count). The summed E-state index contributed by atoms with van der Waals surface area (Å²) in [7, 11) is 2.17. The van der Waals surface area contributed by atoms with Gasteiger partial charge in [0.05, 0.1) is 6.07 Å². The third-order valence-electron chi connectivity index (χ3n) is 2.76. The smallest absolute Gasteiger partial charge is 0.0628 e. The molecule has 0 radical (unpaired) electrons. The summed E-state index contributed by atoms with van der Waals surface area (Å²) >= 11 is 0. The van der Waals surface area contributed by atoms with Crippen molar-refractivity contribution in [2.24, 2.45) is 10.8 Å². The third-order valence-corrected chi connectivity index (χ3v) is 2.76. The number of hydrogen-bond acceptors (Lipinski definition) is 2. The lowest BCUT2D eigenvalue weighted by molar-refractivity contribution is 0.192. The van der Waals surface area contributed by atoms with Gasteiger partial charge in [0.1, 0.15) is 0 Å². The van der Waals surface area contributed by atoms with Gasteiger partial charge in [-0.05, 0) is 30.7 Å². The van der Waals surface area contributed by atoms with Gasteiger partial charge in [-0.3, -0.25) is 0 Å². The minimum Gasteiger partial charge on any atom is -0.305 e. The highest BCUT2D eigenvalue weighted by Gasteiger charge is 2.43. The first-order valence-electron chi connectivity index (χ1n) is 5.42. The van der Waals surface area contributed by atoms with Crippen LogP contribution in [0.5, 0.6) is 0 Å². The Bertz CT molecular complexity index is 228. The van der Waals surface area contributed by atoms with Crippen LogP contribution >= 0.6 is 0 Å². The number of rotatable bonds is 4. The molecule has 0 N–H and O–H groups in total. The lowest BCUT2D eigenvalue weighted by Gasteiger charge is -2.29. The van der Waals surface area contributed by atoms with E-state index in [1.54, 1.807) is 0 Å². The van der Waals surface area contributed by atoms with Crippen LogP contribution in [0.25, 0.3) is 0 Å². The van der Waals surface area contributed by atoms with Gasteiger partial charge in [0.2, 0.25) is 0 Å². The van der Waals surface area contributed by atoms with Crippen molar-refractivity contribution in [2.75, 3.05) is 20.1 Å². The topological polar surface area (TPSA) is 27.0 Å². The van der Waals surface area contributed by atoms with E-state index in [9.17, 15) is 0 Å². The molecule has 0 unspecified atom stereocenters. The number of nitrogens with zero attached hydrogens (tertiary/aromatic N) is 2. The Morgan fingerprint density at radius 1 is 1.36 bits per heavy atom. The summed E-state index contributed by atoms with van der Waals surface area (Å²) in [5.41, 5.74) is 0.715. The summed E-state index contributed by atoms with van der Waals surface area (Å²) in [6.07, 6.45) is 3.23. The summed E-state index contributed by atoms with van der Waals surface area (Å²) in [6, 6.07) is 2.31. The molecular formula is C12H22N2. The van der Waals surface area contributed by atoms with Crippen molar-refractivity contribution in [3.63, 3.8) is 0 Å².